The molecule has 0 aliphatic carbocycles. The second kappa shape index (κ2) is 13.5. The third-order valence-electron chi connectivity index (χ3n) is 9.75. The number of fused-ring (bicyclic) bond motifs is 2. The van der Waals surface area contributed by atoms with Crippen LogP contribution in [0.3, 0.4) is 0 Å². The smallest absolute Gasteiger partial charge is 0.312 e. The highest BCUT2D eigenvalue weighted by atomic mass is 79.9. The van der Waals surface area contributed by atoms with Crippen LogP contribution in [0.1, 0.15) is 46.0 Å². The molecule has 2 aromatic carbocycles. The minimum absolute atomic E-state index is 0.102. The number of ether oxygens (including phenoxy) is 2. The zero-order valence-corrected chi connectivity index (χ0v) is 27.2. The monoisotopic (exact) mass is 666 g/mol. The molecule has 2 bridgehead atoms. The molecule has 8 nitrogen and oxygen atoms in total. The Morgan fingerprint density at radius 1 is 1.20 bits per heavy atom. The van der Waals surface area contributed by atoms with Crippen LogP contribution in [0.4, 0.5) is 5.69 Å². The Labute approximate surface area is 268 Å². The molecule has 44 heavy (non-hydrogen) atoms. The molecule has 3 unspecified atom stereocenters. The molecule has 1 spiro atoms. The largest absolute Gasteiger partial charge is 0.465 e. The van der Waals surface area contributed by atoms with E-state index in [9.17, 15) is 19.5 Å². The van der Waals surface area contributed by atoms with Crippen molar-refractivity contribution in [2.24, 2.45) is 17.8 Å². The molecule has 3 heterocycles. The van der Waals surface area contributed by atoms with Crippen molar-refractivity contribution in [1.29, 1.82) is 0 Å². The van der Waals surface area contributed by atoms with E-state index in [1.807, 2.05) is 62.4 Å². The Morgan fingerprint density at radius 3 is 2.64 bits per heavy atom. The van der Waals surface area contributed by atoms with Gasteiger partial charge in [-0.05, 0) is 54.5 Å². The number of nitrogens with zero attached hydrogens (tertiary/aromatic N) is 2. The first-order chi connectivity index (χ1) is 21.2. The van der Waals surface area contributed by atoms with Crippen molar-refractivity contribution in [2.75, 3.05) is 24.7 Å². The number of unbranched alkanes of at least 4 members (excludes halogenated alkanes) is 2. The average molecular weight is 668 g/mol. The second-order valence-corrected chi connectivity index (χ2v) is 13.4. The van der Waals surface area contributed by atoms with Crippen molar-refractivity contribution < 1.29 is 29.0 Å². The molecule has 3 aliphatic rings. The van der Waals surface area contributed by atoms with E-state index in [-0.39, 0.29) is 42.3 Å². The van der Waals surface area contributed by atoms with Gasteiger partial charge in [0.25, 0.3) is 5.91 Å². The van der Waals surface area contributed by atoms with Gasteiger partial charge in [0.1, 0.15) is 11.6 Å². The molecule has 1 N–H and O–H groups in total. The van der Waals surface area contributed by atoms with E-state index in [0.717, 1.165) is 23.6 Å². The van der Waals surface area contributed by atoms with Crippen LogP contribution in [-0.2, 0) is 23.9 Å². The van der Waals surface area contributed by atoms with Crippen LogP contribution in [-0.4, -0.2) is 76.2 Å². The number of hydrogen-bond donors (Lipinski definition) is 1. The highest BCUT2D eigenvalue weighted by Gasteiger charge is 2.77. The Morgan fingerprint density at radius 2 is 1.95 bits per heavy atom. The maximum atomic E-state index is 14.9. The molecule has 8 atom stereocenters. The second-order valence-electron chi connectivity index (χ2n) is 12.3. The number of aliphatic hydroxyl groups is 1. The molecule has 3 aliphatic heterocycles. The van der Waals surface area contributed by atoms with Crippen LogP contribution in [0, 0.1) is 17.8 Å². The predicted octanol–water partition coefficient (Wildman–Crippen LogP) is 5.41. The van der Waals surface area contributed by atoms with Crippen molar-refractivity contribution in [3.8, 4) is 0 Å². The SMILES string of the molecule is C=CCCCCOC(=O)[C@H]1[C@H]2C(=O)N([C@@H](CO)[C@@H](C)CC)C(C(=O)N(CC=C)c3ccc4ccccc4c3)C23CC(Br)[C@@H]1O3. The van der Waals surface area contributed by atoms with Gasteiger partial charge in [0, 0.05) is 17.1 Å². The number of likely N-dealkylation sites (tertiary alicyclic amines) is 1. The van der Waals surface area contributed by atoms with Gasteiger partial charge in [0.15, 0.2) is 0 Å². The van der Waals surface area contributed by atoms with Crippen LogP contribution in [0.25, 0.3) is 10.8 Å². The fourth-order valence-corrected chi connectivity index (χ4v) is 8.33. The first-order valence-electron chi connectivity index (χ1n) is 15.7. The minimum Gasteiger partial charge on any atom is -0.465 e. The van der Waals surface area contributed by atoms with Crippen molar-refractivity contribution in [3.05, 3.63) is 67.8 Å². The predicted molar refractivity (Wildman–Crippen MR) is 174 cm³/mol. The molecular formula is C35H43BrN2O6. The quantitative estimate of drug-likeness (QED) is 0.125. The van der Waals surface area contributed by atoms with Crippen LogP contribution < -0.4 is 4.90 Å². The number of carbonyl (C=O) groups excluding carboxylic acids is 3. The van der Waals surface area contributed by atoms with Crippen LogP contribution in [0.2, 0.25) is 0 Å². The molecule has 2 aromatic rings. The molecule has 236 valence electrons. The van der Waals surface area contributed by atoms with Crippen molar-refractivity contribution in [2.45, 2.75) is 74.6 Å². The molecule has 5 rings (SSSR count). The molecular weight excluding hydrogens is 624 g/mol. The molecule has 3 saturated heterocycles. The van der Waals surface area contributed by atoms with Gasteiger partial charge in [0.05, 0.1) is 37.2 Å². The van der Waals surface area contributed by atoms with E-state index >= 15 is 0 Å². The summed E-state index contributed by atoms with van der Waals surface area (Å²) < 4.78 is 12.4. The maximum Gasteiger partial charge on any atom is 0.312 e. The number of aliphatic hydroxyl groups excluding tert-OH is 1. The van der Waals surface area contributed by atoms with E-state index in [1.54, 1.807) is 15.9 Å². The summed E-state index contributed by atoms with van der Waals surface area (Å²) in [7, 11) is 0. The van der Waals surface area contributed by atoms with Gasteiger partial charge in [-0.3, -0.25) is 14.4 Å². The fourth-order valence-electron chi connectivity index (χ4n) is 7.39. The fraction of sp³-hybridized carbons (Fsp3) is 0.514. The van der Waals surface area contributed by atoms with Gasteiger partial charge in [0.2, 0.25) is 5.91 Å². The van der Waals surface area contributed by atoms with E-state index in [0.29, 0.717) is 24.9 Å². The van der Waals surface area contributed by atoms with Crippen LogP contribution in [0.15, 0.2) is 67.8 Å². The summed E-state index contributed by atoms with van der Waals surface area (Å²) in [5.74, 6) is -2.99. The summed E-state index contributed by atoms with van der Waals surface area (Å²) in [6.45, 7) is 11.7. The number of rotatable bonds is 14. The van der Waals surface area contributed by atoms with Crippen molar-refractivity contribution in [3.63, 3.8) is 0 Å². The lowest BCUT2D eigenvalue weighted by atomic mass is 9.70. The summed E-state index contributed by atoms with van der Waals surface area (Å²) in [4.78, 5) is 46.0. The van der Waals surface area contributed by atoms with Gasteiger partial charge in [-0.2, -0.15) is 0 Å². The normalized spacial score (nSPS) is 28.5. The lowest BCUT2D eigenvalue weighted by Gasteiger charge is -2.41. The molecule has 9 heteroatoms. The van der Waals surface area contributed by atoms with E-state index < -0.39 is 41.6 Å². The Balaban J connectivity index is 1.56. The standard InChI is InChI=1S/C35H43BrN2O6/c1-5-8-9-12-18-43-34(42)28-29-32(40)38(27(21-39)22(4)7-3)31(35(29)20-26(36)30(28)44-35)33(41)37(17-6-2)25-16-15-23-13-10-11-14-24(23)19-25/h5-6,10-11,13-16,19,22,26-31,39H,1-2,7-9,12,17-18,20-21H2,3-4H3/t22-,26?,27-,28-,29-,30-,31?,35?/m0/s1. The van der Waals surface area contributed by atoms with Crippen LogP contribution >= 0.6 is 15.9 Å². The van der Waals surface area contributed by atoms with E-state index in [2.05, 4.69) is 29.1 Å². The van der Waals surface area contributed by atoms with Gasteiger partial charge < -0.3 is 24.4 Å². The van der Waals surface area contributed by atoms with Crippen molar-refractivity contribution >= 4 is 50.2 Å². The highest BCUT2D eigenvalue weighted by molar-refractivity contribution is 9.09. The third-order valence-corrected chi connectivity index (χ3v) is 10.6. The topological polar surface area (TPSA) is 96.4 Å². The number of alkyl halides is 1. The Hall–Kier alpha value is -3.01. The number of halogens is 1. The summed E-state index contributed by atoms with van der Waals surface area (Å²) in [6, 6.07) is 12.1. The summed E-state index contributed by atoms with van der Waals surface area (Å²) >= 11 is 3.73. The van der Waals surface area contributed by atoms with Crippen molar-refractivity contribution in [1.82, 2.24) is 4.90 Å². The lowest BCUT2D eigenvalue weighted by Crippen LogP contribution is -2.60. The molecule has 0 saturated carbocycles. The van der Waals surface area contributed by atoms with Gasteiger partial charge in [-0.25, -0.2) is 0 Å². The molecule has 3 fully saturated rings. The first kappa shape index (κ1) is 32.4. The average Bonchev–Trinajstić information content (AvgIpc) is 3.62. The van der Waals surface area contributed by atoms with Gasteiger partial charge in [-0.1, -0.05) is 78.7 Å². The number of amides is 2. The summed E-state index contributed by atoms with van der Waals surface area (Å²) in [5, 5.41) is 12.7. The molecule has 0 aromatic heterocycles. The Bertz CT molecular complexity index is 1410. The van der Waals surface area contributed by atoms with E-state index in [4.69, 9.17) is 9.47 Å². The minimum atomic E-state index is -1.25. The van der Waals surface area contributed by atoms with Gasteiger partial charge in [-0.15, -0.1) is 13.2 Å². The number of anilines is 1. The number of carbonyl (C=O) groups is 3. The highest BCUT2D eigenvalue weighted by Crippen LogP contribution is 2.61. The summed E-state index contributed by atoms with van der Waals surface area (Å²) in [5.41, 5.74) is -0.584. The number of benzene rings is 2. The lowest BCUT2D eigenvalue weighted by molar-refractivity contribution is -0.156. The van der Waals surface area contributed by atoms with Gasteiger partial charge >= 0.3 is 5.97 Å². The summed E-state index contributed by atoms with van der Waals surface area (Å²) in [6.07, 6.45) is 6.32. The maximum absolute atomic E-state index is 14.9. The molecule has 2 amide bonds. The zero-order valence-electron chi connectivity index (χ0n) is 25.6. The van der Waals surface area contributed by atoms with E-state index in [1.165, 1.54) is 0 Å². The first-order valence-corrected chi connectivity index (χ1v) is 16.6. The zero-order chi connectivity index (χ0) is 31.6. The number of hydrogen-bond acceptors (Lipinski definition) is 6. The molecule has 0 radical (unpaired) electrons. The number of allylic oxidation sites excluding steroid dienone is 1. The Kier molecular flexibility index (Phi) is 9.97. The van der Waals surface area contributed by atoms with Crippen LogP contribution in [0.5, 0.6) is 0 Å². The third kappa shape index (κ3) is 5.52. The number of esters is 1.